The molecule has 1 amide bonds. The Hall–Kier alpha value is -1.56. The van der Waals surface area contributed by atoms with Crippen LogP contribution in [0, 0.1) is 6.92 Å². The van der Waals surface area contributed by atoms with Crippen molar-refractivity contribution in [1.82, 2.24) is 10.2 Å². The Balaban J connectivity index is 1.84. The standard InChI is InChI=1S/C15H17F3N2O/c1-10-3-2-4-11(9-10)12-19-14(5-6-14)13(21)20(12)8-7-15(16,17)18/h2-4,9,12,19H,5-8H2,1H3. The predicted octanol–water partition coefficient (Wildman–Crippen LogP) is 2.91. The molecule has 1 spiro atoms. The molecule has 0 aromatic heterocycles. The molecule has 1 aliphatic heterocycles. The molecule has 0 bridgehead atoms. The van der Waals surface area contributed by atoms with Crippen molar-refractivity contribution in [2.24, 2.45) is 0 Å². The quantitative estimate of drug-likeness (QED) is 0.930. The summed E-state index contributed by atoms with van der Waals surface area (Å²) in [7, 11) is 0. The molecule has 1 saturated heterocycles. The largest absolute Gasteiger partial charge is 0.390 e. The van der Waals surface area contributed by atoms with E-state index in [2.05, 4.69) is 5.32 Å². The Labute approximate surface area is 121 Å². The summed E-state index contributed by atoms with van der Waals surface area (Å²) in [6.07, 6.45) is -4.27. The molecule has 1 saturated carbocycles. The third-order valence-electron chi connectivity index (χ3n) is 4.14. The number of hydrogen-bond acceptors (Lipinski definition) is 2. The van der Waals surface area contributed by atoms with E-state index in [0.29, 0.717) is 12.8 Å². The molecule has 6 heteroatoms. The van der Waals surface area contributed by atoms with Gasteiger partial charge in [-0.3, -0.25) is 10.1 Å². The van der Waals surface area contributed by atoms with Crippen LogP contribution >= 0.6 is 0 Å². The fourth-order valence-corrected chi connectivity index (χ4v) is 2.86. The highest BCUT2D eigenvalue weighted by atomic mass is 19.4. The minimum atomic E-state index is -4.25. The molecular weight excluding hydrogens is 281 g/mol. The third-order valence-corrected chi connectivity index (χ3v) is 4.14. The molecule has 114 valence electrons. The maximum Gasteiger partial charge on any atom is 0.390 e. The smallest absolute Gasteiger partial charge is 0.321 e. The van der Waals surface area contributed by atoms with Gasteiger partial charge in [-0.25, -0.2) is 0 Å². The van der Waals surface area contributed by atoms with E-state index < -0.39 is 24.3 Å². The zero-order valence-corrected chi connectivity index (χ0v) is 11.7. The van der Waals surface area contributed by atoms with E-state index in [1.54, 1.807) is 0 Å². The van der Waals surface area contributed by atoms with Crippen LogP contribution in [-0.4, -0.2) is 29.1 Å². The maximum atomic E-state index is 12.5. The lowest BCUT2D eigenvalue weighted by Gasteiger charge is -2.25. The minimum absolute atomic E-state index is 0.196. The van der Waals surface area contributed by atoms with Crippen molar-refractivity contribution >= 4 is 5.91 Å². The van der Waals surface area contributed by atoms with Crippen LogP contribution in [0.5, 0.6) is 0 Å². The minimum Gasteiger partial charge on any atom is -0.321 e. The van der Waals surface area contributed by atoms with Gasteiger partial charge < -0.3 is 4.90 Å². The van der Waals surface area contributed by atoms with E-state index >= 15 is 0 Å². The third kappa shape index (κ3) is 2.77. The van der Waals surface area contributed by atoms with E-state index in [-0.39, 0.29) is 12.5 Å². The number of carbonyl (C=O) groups excluding carboxylic acids is 1. The molecular formula is C15H17F3N2O. The van der Waals surface area contributed by atoms with Gasteiger partial charge in [-0.2, -0.15) is 13.2 Å². The van der Waals surface area contributed by atoms with Gasteiger partial charge in [0, 0.05) is 6.54 Å². The molecule has 1 atom stereocenters. The highest BCUT2D eigenvalue weighted by Crippen LogP contribution is 2.46. The van der Waals surface area contributed by atoms with Crippen LogP contribution in [0.3, 0.4) is 0 Å². The van der Waals surface area contributed by atoms with Crippen LogP contribution in [0.25, 0.3) is 0 Å². The number of nitrogens with zero attached hydrogens (tertiary/aromatic N) is 1. The maximum absolute atomic E-state index is 12.5. The Kier molecular flexibility index (Phi) is 3.24. The Morgan fingerprint density at radius 3 is 2.67 bits per heavy atom. The highest BCUT2D eigenvalue weighted by Gasteiger charge is 2.59. The van der Waals surface area contributed by atoms with E-state index in [9.17, 15) is 18.0 Å². The average Bonchev–Trinajstić information content (AvgIpc) is 3.11. The van der Waals surface area contributed by atoms with E-state index in [1.165, 1.54) is 4.90 Å². The van der Waals surface area contributed by atoms with Gasteiger partial charge in [-0.15, -0.1) is 0 Å². The van der Waals surface area contributed by atoms with E-state index in [4.69, 9.17) is 0 Å². The normalized spacial score (nSPS) is 23.9. The number of aryl methyl sites for hydroxylation is 1. The zero-order valence-electron chi connectivity index (χ0n) is 11.7. The summed E-state index contributed by atoms with van der Waals surface area (Å²) in [5, 5.41) is 3.23. The summed E-state index contributed by atoms with van der Waals surface area (Å²) in [5.74, 6) is -0.196. The van der Waals surface area contributed by atoms with Crippen molar-refractivity contribution in [1.29, 1.82) is 0 Å². The number of alkyl halides is 3. The molecule has 0 radical (unpaired) electrons. The van der Waals surface area contributed by atoms with Gasteiger partial charge in [0.05, 0.1) is 6.42 Å². The van der Waals surface area contributed by atoms with Gasteiger partial charge >= 0.3 is 6.18 Å². The fraction of sp³-hybridized carbons (Fsp3) is 0.533. The molecule has 1 N–H and O–H groups in total. The number of hydrogen-bond donors (Lipinski definition) is 1. The van der Waals surface area contributed by atoms with Gasteiger partial charge in [-0.05, 0) is 25.3 Å². The van der Waals surface area contributed by atoms with Gasteiger partial charge in [-0.1, -0.05) is 29.8 Å². The van der Waals surface area contributed by atoms with Crippen molar-refractivity contribution < 1.29 is 18.0 Å². The monoisotopic (exact) mass is 298 g/mol. The molecule has 1 aromatic carbocycles. The lowest BCUT2D eigenvalue weighted by atomic mass is 10.1. The first-order chi connectivity index (χ1) is 9.81. The van der Waals surface area contributed by atoms with Crippen LogP contribution in [0.2, 0.25) is 0 Å². The lowest BCUT2D eigenvalue weighted by molar-refractivity contribution is -0.145. The van der Waals surface area contributed by atoms with Gasteiger partial charge in [0.1, 0.15) is 11.7 Å². The second kappa shape index (κ2) is 4.73. The molecule has 3 nitrogen and oxygen atoms in total. The molecule has 1 heterocycles. The second-order valence-electron chi connectivity index (χ2n) is 5.91. The summed E-state index contributed by atoms with van der Waals surface area (Å²) >= 11 is 0. The molecule has 1 aliphatic carbocycles. The molecule has 21 heavy (non-hydrogen) atoms. The predicted molar refractivity (Wildman–Crippen MR) is 71.4 cm³/mol. The van der Waals surface area contributed by atoms with E-state index in [1.807, 2.05) is 31.2 Å². The van der Waals surface area contributed by atoms with Crippen LogP contribution in [0.4, 0.5) is 13.2 Å². The second-order valence-corrected chi connectivity index (χ2v) is 5.91. The van der Waals surface area contributed by atoms with Crippen LogP contribution in [-0.2, 0) is 4.79 Å². The SMILES string of the molecule is Cc1cccc(C2NC3(CC3)C(=O)N2CCC(F)(F)F)c1. The number of benzene rings is 1. The molecule has 3 rings (SSSR count). The van der Waals surface area contributed by atoms with Crippen molar-refractivity contribution in [3.05, 3.63) is 35.4 Å². The number of amides is 1. The highest BCUT2D eigenvalue weighted by molar-refractivity contribution is 5.92. The molecule has 1 aromatic rings. The van der Waals surface area contributed by atoms with Crippen molar-refractivity contribution in [3.8, 4) is 0 Å². The van der Waals surface area contributed by atoms with Crippen molar-refractivity contribution in [3.63, 3.8) is 0 Å². The summed E-state index contributed by atoms with van der Waals surface area (Å²) in [6, 6.07) is 7.54. The summed E-state index contributed by atoms with van der Waals surface area (Å²) < 4.78 is 37.4. The van der Waals surface area contributed by atoms with Crippen molar-refractivity contribution in [2.45, 2.75) is 44.1 Å². The Bertz CT molecular complexity index is 566. The average molecular weight is 298 g/mol. The fourth-order valence-electron chi connectivity index (χ4n) is 2.86. The Morgan fingerprint density at radius 2 is 2.10 bits per heavy atom. The first-order valence-corrected chi connectivity index (χ1v) is 7.03. The summed E-state index contributed by atoms with van der Waals surface area (Å²) in [5.41, 5.74) is 1.25. The van der Waals surface area contributed by atoms with Gasteiger partial charge in [0.15, 0.2) is 0 Å². The lowest BCUT2D eigenvalue weighted by Crippen LogP contribution is -2.34. The van der Waals surface area contributed by atoms with E-state index in [0.717, 1.165) is 11.1 Å². The zero-order chi connectivity index (χ0) is 15.3. The molecule has 1 unspecified atom stereocenters. The van der Waals surface area contributed by atoms with Crippen LogP contribution in [0.1, 0.15) is 36.6 Å². The van der Waals surface area contributed by atoms with Gasteiger partial charge in [0.2, 0.25) is 5.91 Å². The number of halogens is 3. The number of nitrogens with one attached hydrogen (secondary N) is 1. The van der Waals surface area contributed by atoms with Gasteiger partial charge in [0.25, 0.3) is 0 Å². The van der Waals surface area contributed by atoms with Crippen LogP contribution in [0.15, 0.2) is 24.3 Å². The first-order valence-electron chi connectivity index (χ1n) is 7.03. The molecule has 2 aliphatic rings. The van der Waals surface area contributed by atoms with Crippen LogP contribution < -0.4 is 5.32 Å². The summed E-state index contributed by atoms with van der Waals surface area (Å²) in [4.78, 5) is 13.7. The van der Waals surface area contributed by atoms with Crippen molar-refractivity contribution in [2.75, 3.05) is 6.54 Å². The number of carbonyl (C=O) groups is 1. The Morgan fingerprint density at radius 1 is 1.38 bits per heavy atom. The molecule has 2 fully saturated rings. The topological polar surface area (TPSA) is 32.3 Å². The summed E-state index contributed by atoms with van der Waals surface area (Å²) in [6.45, 7) is 1.63. The first kappa shape index (κ1) is 14.4. The number of rotatable bonds is 3.